The summed E-state index contributed by atoms with van der Waals surface area (Å²) in [6, 6.07) is 5.91. The lowest BCUT2D eigenvalue weighted by molar-refractivity contribution is -0.125. The maximum absolute atomic E-state index is 12.3. The summed E-state index contributed by atoms with van der Waals surface area (Å²) < 4.78 is 11.6. The van der Waals surface area contributed by atoms with Gasteiger partial charge >= 0.3 is 0 Å². The molecule has 0 aromatic heterocycles. The highest BCUT2D eigenvalue weighted by molar-refractivity contribution is 5.85. The Bertz CT molecular complexity index is 570. The third-order valence-electron chi connectivity index (χ3n) is 5.07. The van der Waals surface area contributed by atoms with Gasteiger partial charge in [-0.2, -0.15) is 0 Å². The first kappa shape index (κ1) is 19.9. The maximum atomic E-state index is 12.3. The second-order valence-corrected chi connectivity index (χ2v) is 6.85. The molecule has 2 aliphatic rings. The Morgan fingerprint density at radius 3 is 2.64 bits per heavy atom. The van der Waals surface area contributed by atoms with Crippen molar-refractivity contribution in [1.82, 2.24) is 10.6 Å². The minimum Gasteiger partial charge on any atom is -0.493 e. The summed E-state index contributed by atoms with van der Waals surface area (Å²) in [5.41, 5.74) is 1.03. The molecule has 1 aliphatic carbocycles. The fourth-order valence-electron chi connectivity index (χ4n) is 3.53. The number of rotatable bonds is 6. The molecule has 1 heterocycles. The molecule has 6 heteroatoms. The Morgan fingerprint density at radius 2 is 2.00 bits per heavy atom. The van der Waals surface area contributed by atoms with Crippen LogP contribution in [0.25, 0.3) is 0 Å². The number of benzene rings is 1. The van der Waals surface area contributed by atoms with E-state index in [0.717, 1.165) is 49.4 Å². The molecule has 0 bridgehead atoms. The number of amides is 1. The molecule has 1 aromatic carbocycles. The number of methoxy groups -OCH3 is 1. The normalized spacial score (nSPS) is 21.4. The summed E-state index contributed by atoms with van der Waals surface area (Å²) in [6.45, 7) is 3.70. The average Bonchev–Trinajstić information content (AvgIpc) is 3.28. The number of nitrogens with one attached hydrogen (secondary N) is 2. The molecule has 2 fully saturated rings. The monoisotopic (exact) mass is 368 g/mol. The van der Waals surface area contributed by atoms with Crippen LogP contribution in [-0.4, -0.2) is 32.2 Å². The Labute approximate surface area is 156 Å². The Hall–Kier alpha value is -1.46. The molecule has 2 atom stereocenters. The van der Waals surface area contributed by atoms with Crippen molar-refractivity contribution >= 4 is 18.3 Å². The minimum absolute atomic E-state index is 0. The summed E-state index contributed by atoms with van der Waals surface area (Å²) in [4.78, 5) is 12.3. The molecule has 1 aromatic rings. The first-order chi connectivity index (χ1) is 11.7. The number of halogens is 1. The smallest absolute Gasteiger partial charge is 0.224 e. The van der Waals surface area contributed by atoms with Gasteiger partial charge in [0.25, 0.3) is 0 Å². The first-order valence-electron chi connectivity index (χ1n) is 9.03. The fourth-order valence-corrected chi connectivity index (χ4v) is 3.53. The molecule has 5 nitrogen and oxygen atoms in total. The van der Waals surface area contributed by atoms with Gasteiger partial charge in [0.15, 0.2) is 11.5 Å². The van der Waals surface area contributed by atoms with Crippen molar-refractivity contribution in [3.8, 4) is 11.5 Å². The summed E-state index contributed by atoms with van der Waals surface area (Å²) in [5.74, 6) is 1.74. The topological polar surface area (TPSA) is 59.6 Å². The second-order valence-electron chi connectivity index (χ2n) is 6.85. The van der Waals surface area contributed by atoms with Gasteiger partial charge < -0.3 is 20.1 Å². The standard InChI is InChI=1S/C19H28N2O3.ClH/c1-13(21-19(22)15-9-10-20-12-15)14-7-8-17(18(11-14)23-2)24-16-5-3-4-6-16;/h7-8,11,13,15-16,20H,3-6,9-10,12H2,1-2H3,(H,21,22);1H. The van der Waals surface area contributed by atoms with Crippen molar-refractivity contribution in [2.45, 2.75) is 51.2 Å². The third kappa shape index (κ3) is 5.02. The molecule has 1 saturated heterocycles. The van der Waals surface area contributed by atoms with E-state index in [-0.39, 0.29) is 30.3 Å². The highest BCUT2D eigenvalue weighted by atomic mass is 35.5. The van der Waals surface area contributed by atoms with E-state index in [1.807, 2.05) is 25.1 Å². The van der Waals surface area contributed by atoms with Crippen LogP contribution in [0.15, 0.2) is 18.2 Å². The van der Waals surface area contributed by atoms with Crippen LogP contribution in [0.3, 0.4) is 0 Å². The number of ether oxygens (including phenoxy) is 2. The molecule has 3 rings (SSSR count). The van der Waals surface area contributed by atoms with Crippen molar-refractivity contribution in [3.63, 3.8) is 0 Å². The molecule has 0 radical (unpaired) electrons. The van der Waals surface area contributed by atoms with Gasteiger partial charge in [-0.25, -0.2) is 0 Å². The van der Waals surface area contributed by atoms with Crippen LogP contribution < -0.4 is 20.1 Å². The molecule has 140 valence electrons. The van der Waals surface area contributed by atoms with Crippen molar-refractivity contribution in [2.24, 2.45) is 5.92 Å². The van der Waals surface area contributed by atoms with Crippen LogP contribution >= 0.6 is 12.4 Å². The van der Waals surface area contributed by atoms with Crippen molar-refractivity contribution in [1.29, 1.82) is 0 Å². The van der Waals surface area contributed by atoms with E-state index in [1.54, 1.807) is 7.11 Å². The van der Waals surface area contributed by atoms with Crippen LogP contribution in [0.2, 0.25) is 0 Å². The van der Waals surface area contributed by atoms with Gasteiger partial charge in [-0.15, -0.1) is 12.4 Å². The van der Waals surface area contributed by atoms with Gasteiger partial charge in [0, 0.05) is 6.54 Å². The zero-order valence-electron chi connectivity index (χ0n) is 15.0. The van der Waals surface area contributed by atoms with E-state index in [2.05, 4.69) is 10.6 Å². The van der Waals surface area contributed by atoms with E-state index in [9.17, 15) is 4.79 Å². The lowest BCUT2D eigenvalue weighted by Crippen LogP contribution is -2.33. The van der Waals surface area contributed by atoms with E-state index in [1.165, 1.54) is 12.8 Å². The molecule has 25 heavy (non-hydrogen) atoms. The molecular formula is C19H29ClN2O3. The van der Waals surface area contributed by atoms with Crippen LogP contribution in [0.5, 0.6) is 11.5 Å². The van der Waals surface area contributed by atoms with E-state index in [0.29, 0.717) is 6.10 Å². The second kappa shape index (κ2) is 9.30. The molecule has 2 unspecified atom stereocenters. The third-order valence-corrected chi connectivity index (χ3v) is 5.07. The number of carbonyl (C=O) groups is 1. The van der Waals surface area contributed by atoms with Gasteiger partial charge in [0.2, 0.25) is 5.91 Å². The highest BCUT2D eigenvalue weighted by Gasteiger charge is 2.24. The van der Waals surface area contributed by atoms with E-state index < -0.39 is 0 Å². The number of hydrogen-bond acceptors (Lipinski definition) is 4. The van der Waals surface area contributed by atoms with Gasteiger partial charge in [-0.1, -0.05) is 6.07 Å². The molecule has 1 saturated carbocycles. The van der Waals surface area contributed by atoms with E-state index in [4.69, 9.17) is 9.47 Å². The summed E-state index contributed by atoms with van der Waals surface area (Å²) in [6.07, 6.45) is 5.93. The summed E-state index contributed by atoms with van der Waals surface area (Å²) >= 11 is 0. The SMILES string of the molecule is COc1cc(C(C)NC(=O)C2CCNC2)ccc1OC1CCCC1.Cl. The molecule has 1 aliphatic heterocycles. The van der Waals surface area contributed by atoms with Crippen LogP contribution in [0.1, 0.15) is 50.6 Å². The lowest BCUT2D eigenvalue weighted by Gasteiger charge is -2.20. The highest BCUT2D eigenvalue weighted by Crippen LogP contribution is 2.33. The van der Waals surface area contributed by atoms with Gasteiger partial charge in [-0.3, -0.25) is 4.79 Å². The van der Waals surface area contributed by atoms with Crippen LogP contribution in [0, 0.1) is 5.92 Å². The number of carbonyl (C=O) groups excluding carboxylic acids is 1. The quantitative estimate of drug-likeness (QED) is 0.809. The zero-order valence-corrected chi connectivity index (χ0v) is 15.9. The molecule has 2 N–H and O–H groups in total. The average molecular weight is 369 g/mol. The fraction of sp³-hybridized carbons (Fsp3) is 0.632. The summed E-state index contributed by atoms with van der Waals surface area (Å²) in [5, 5.41) is 6.34. The molecule has 0 spiro atoms. The predicted octanol–water partition coefficient (Wildman–Crippen LogP) is 3.23. The van der Waals surface area contributed by atoms with Gasteiger partial charge in [-0.05, 0) is 63.3 Å². The van der Waals surface area contributed by atoms with E-state index >= 15 is 0 Å². The molecular weight excluding hydrogens is 340 g/mol. The predicted molar refractivity (Wildman–Crippen MR) is 101 cm³/mol. The van der Waals surface area contributed by atoms with Crippen molar-refractivity contribution in [3.05, 3.63) is 23.8 Å². The van der Waals surface area contributed by atoms with Crippen LogP contribution in [-0.2, 0) is 4.79 Å². The van der Waals surface area contributed by atoms with Gasteiger partial charge in [0.05, 0.1) is 25.2 Å². The maximum Gasteiger partial charge on any atom is 0.224 e. The Morgan fingerprint density at radius 1 is 1.24 bits per heavy atom. The Balaban J connectivity index is 0.00000225. The molecule has 1 amide bonds. The van der Waals surface area contributed by atoms with Crippen LogP contribution in [0.4, 0.5) is 0 Å². The Kier molecular flexibility index (Phi) is 7.38. The minimum atomic E-state index is -0.0486. The van der Waals surface area contributed by atoms with Gasteiger partial charge in [0.1, 0.15) is 0 Å². The summed E-state index contributed by atoms with van der Waals surface area (Å²) in [7, 11) is 1.66. The zero-order chi connectivity index (χ0) is 16.9. The first-order valence-corrected chi connectivity index (χ1v) is 9.03. The van der Waals surface area contributed by atoms with Crippen molar-refractivity contribution in [2.75, 3.05) is 20.2 Å². The van der Waals surface area contributed by atoms with Crippen molar-refractivity contribution < 1.29 is 14.3 Å². The number of hydrogen-bond donors (Lipinski definition) is 2. The lowest BCUT2D eigenvalue weighted by atomic mass is 10.0. The largest absolute Gasteiger partial charge is 0.493 e.